The van der Waals surface area contributed by atoms with Crippen molar-refractivity contribution in [3.8, 4) is 0 Å². The Balaban J connectivity index is 1.91. The minimum absolute atomic E-state index is 0.0340. The van der Waals surface area contributed by atoms with E-state index in [1.807, 2.05) is 0 Å². The molecular weight excluding hydrogens is 266 g/mol. The molecule has 0 bridgehead atoms. The minimum atomic E-state index is -0.581. The van der Waals surface area contributed by atoms with Gasteiger partial charge in [-0.05, 0) is 25.1 Å². The van der Waals surface area contributed by atoms with Crippen molar-refractivity contribution in [1.29, 1.82) is 0 Å². The molecule has 1 aliphatic rings. The highest BCUT2D eigenvalue weighted by Crippen LogP contribution is 2.18. The molecule has 110 valence electrons. The van der Waals surface area contributed by atoms with Gasteiger partial charge in [-0.1, -0.05) is 0 Å². The predicted octanol–water partition coefficient (Wildman–Crippen LogP) is 1.52. The van der Waals surface area contributed by atoms with E-state index in [1.54, 1.807) is 6.92 Å². The van der Waals surface area contributed by atoms with Crippen molar-refractivity contribution in [2.24, 2.45) is 0 Å². The standard InChI is InChI=1S/C14H18F2N2O2/c1-9(12-6-10(15)2-3-13(12)16)18-14(19)7-11-8-20-5-4-17-11/h2-3,6,9,11,17H,4-5,7-8H2,1H3,(H,18,19). The Kier molecular flexibility index (Phi) is 5.03. The van der Waals surface area contributed by atoms with Crippen LogP contribution in [0.15, 0.2) is 18.2 Å². The second-order valence-corrected chi connectivity index (χ2v) is 4.89. The Bertz CT molecular complexity index is 476. The van der Waals surface area contributed by atoms with Crippen molar-refractivity contribution in [3.63, 3.8) is 0 Å². The minimum Gasteiger partial charge on any atom is -0.378 e. The maximum atomic E-state index is 13.6. The number of hydrogen-bond acceptors (Lipinski definition) is 3. The van der Waals surface area contributed by atoms with Crippen LogP contribution in [0.4, 0.5) is 8.78 Å². The summed E-state index contributed by atoms with van der Waals surface area (Å²) in [5.41, 5.74) is 0.145. The van der Waals surface area contributed by atoms with Gasteiger partial charge in [0.15, 0.2) is 0 Å². The Morgan fingerprint density at radius 3 is 3.05 bits per heavy atom. The molecule has 0 radical (unpaired) electrons. The van der Waals surface area contributed by atoms with E-state index in [0.29, 0.717) is 19.8 Å². The zero-order chi connectivity index (χ0) is 14.5. The maximum absolute atomic E-state index is 13.6. The Morgan fingerprint density at radius 2 is 2.35 bits per heavy atom. The molecule has 0 saturated carbocycles. The summed E-state index contributed by atoms with van der Waals surface area (Å²) in [7, 11) is 0. The second kappa shape index (κ2) is 6.76. The monoisotopic (exact) mass is 284 g/mol. The highest BCUT2D eigenvalue weighted by atomic mass is 19.1. The van der Waals surface area contributed by atoms with Crippen LogP contribution in [0, 0.1) is 11.6 Å². The highest BCUT2D eigenvalue weighted by Gasteiger charge is 2.19. The van der Waals surface area contributed by atoms with E-state index >= 15 is 0 Å². The SMILES string of the molecule is CC(NC(=O)CC1COCCN1)c1cc(F)ccc1F. The lowest BCUT2D eigenvalue weighted by atomic mass is 10.1. The van der Waals surface area contributed by atoms with Crippen molar-refractivity contribution in [2.75, 3.05) is 19.8 Å². The lowest BCUT2D eigenvalue weighted by molar-refractivity contribution is -0.122. The number of nitrogens with one attached hydrogen (secondary N) is 2. The first-order valence-corrected chi connectivity index (χ1v) is 6.61. The third kappa shape index (κ3) is 3.98. The van der Waals surface area contributed by atoms with Gasteiger partial charge in [0.25, 0.3) is 0 Å². The average Bonchev–Trinajstić information content (AvgIpc) is 2.42. The molecule has 4 nitrogen and oxygen atoms in total. The fourth-order valence-electron chi connectivity index (χ4n) is 2.20. The number of carbonyl (C=O) groups is 1. The molecule has 2 rings (SSSR count). The number of ether oxygens (including phenoxy) is 1. The third-order valence-electron chi connectivity index (χ3n) is 3.23. The van der Waals surface area contributed by atoms with Gasteiger partial charge in [-0.15, -0.1) is 0 Å². The lowest BCUT2D eigenvalue weighted by Crippen LogP contribution is -2.44. The molecule has 0 spiro atoms. The Hall–Kier alpha value is -1.53. The van der Waals surface area contributed by atoms with Crippen molar-refractivity contribution in [3.05, 3.63) is 35.4 Å². The molecule has 1 saturated heterocycles. The average molecular weight is 284 g/mol. The molecule has 1 fully saturated rings. The maximum Gasteiger partial charge on any atom is 0.222 e. The normalized spacial score (nSPS) is 20.4. The zero-order valence-corrected chi connectivity index (χ0v) is 11.3. The van der Waals surface area contributed by atoms with Crippen LogP contribution >= 0.6 is 0 Å². The van der Waals surface area contributed by atoms with Crippen LogP contribution in [0.3, 0.4) is 0 Å². The Labute approximate surface area is 116 Å². The molecule has 20 heavy (non-hydrogen) atoms. The molecular formula is C14H18F2N2O2. The number of benzene rings is 1. The van der Waals surface area contributed by atoms with Crippen LogP contribution in [0.5, 0.6) is 0 Å². The predicted molar refractivity (Wildman–Crippen MR) is 70.1 cm³/mol. The first kappa shape index (κ1) is 14.9. The zero-order valence-electron chi connectivity index (χ0n) is 11.3. The van der Waals surface area contributed by atoms with Gasteiger partial charge >= 0.3 is 0 Å². The van der Waals surface area contributed by atoms with Crippen LogP contribution in [0.1, 0.15) is 24.9 Å². The first-order chi connectivity index (χ1) is 9.56. The fraction of sp³-hybridized carbons (Fsp3) is 0.500. The third-order valence-corrected chi connectivity index (χ3v) is 3.23. The van der Waals surface area contributed by atoms with Crippen molar-refractivity contribution in [1.82, 2.24) is 10.6 Å². The smallest absolute Gasteiger partial charge is 0.222 e. The summed E-state index contributed by atoms with van der Waals surface area (Å²) in [5, 5.41) is 5.83. The van der Waals surface area contributed by atoms with Gasteiger partial charge in [-0.25, -0.2) is 8.78 Å². The second-order valence-electron chi connectivity index (χ2n) is 4.89. The van der Waals surface area contributed by atoms with Gasteiger partial charge in [0.1, 0.15) is 11.6 Å². The molecule has 0 aromatic heterocycles. The molecule has 1 heterocycles. The summed E-state index contributed by atoms with van der Waals surface area (Å²) in [6, 6.07) is 2.60. The largest absolute Gasteiger partial charge is 0.378 e. The topological polar surface area (TPSA) is 50.4 Å². The Morgan fingerprint density at radius 1 is 1.55 bits per heavy atom. The summed E-state index contributed by atoms with van der Waals surface area (Å²) < 4.78 is 31.9. The first-order valence-electron chi connectivity index (χ1n) is 6.61. The van der Waals surface area contributed by atoms with E-state index in [-0.39, 0.29) is 23.9 Å². The molecule has 1 amide bonds. The van der Waals surface area contributed by atoms with Crippen LogP contribution in [0.25, 0.3) is 0 Å². The summed E-state index contributed by atoms with van der Waals surface area (Å²) in [6.07, 6.45) is 0.251. The molecule has 1 aromatic carbocycles. The molecule has 1 aliphatic heterocycles. The lowest BCUT2D eigenvalue weighted by Gasteiger charge is -2.24. The van der Waals surface area contributed by atoms with Gasteiger partial charge in [-0.2, -0.15) is 0 Å². The number of amides is 1. The summed E-state index contributed by atoms with van der Waals surface area (Å²) in [6.45, 7) is 3.46. The van der Waals surface area contributed by atoms with Crippen LogP contribution in [0.2, 0.25) is 0 Å². The van der Waals surface area contributed by atoms with Crippen LogP contribution in [-0.4, -0.2) is 31.7 Å². The molecule has 2 N–H and O–H groups in total. The fourth-order valence-corrected chi connectivity index (χ4v) is 2.20. The molecule has 2 unspecified atom stereocenters. The van der Waals surface area contributed by atoms with Crippen molar-refractivity contribution in [2.45, 2.75) is 25.4 Å². The highest BCUT2D eigenvalue weighted by molar-refractivity contribution is 5.77. The summed E-state index contributed by atoms with van der Waals surface area (Å²) >= 11 is 0. The van der Waals surface area contributed by atoms with Crippen LogP contribution in [-0.2, 0) is 9.53 Å². The quantitative estimate of drug-likeness (QED) is 0.881. The number of carbonyl (C=O) groups excluding carboxylic acids is 1. The molecule has 2 atom stereocenters. The van der Waals surface area contributed by atoms with Gasteiger partial charge in [0.05, 0.1) is 19.3 Å². The molecule has 1 aromatic rings. The number of halogens is 2. The summed E-state index contributed by atoms with van der Waals surface area (Å²) in [5.74, 6) is -1.27. The number of hydrogen-bond donors (Lipinski definition) is 2. The van der Waals surface area contributed by atoms with E-state index in [0.717, 1.165) is 18.2 Å². The molecule has 6 heteroatoms. The van der Waals surface area contributed by atoms with Gasteiger partial charge in [0.2, 0.25) is 5.91 Å². The van der Waals surface area contributed by atoms with E-state index < -0.39 is 17.7 Å². The number of morpholine rings is 1. The van der Waals surface area contributed by atoms with Gasteiger partial charge < -0.3 is 15.4 Å². The van der Waals surface area contributed by atoms with E-state index in [2.05, 4.69) is 10.6 Å². The van der Waals surface area contributed by atoms with E-state index in [9.17, 15) is 13.6 Å². The molecule has 0 aliphatic carbocycles. The van der Waals surface area contributed by atoms with Gasteiger partial charge in [-0.3, -0.25) is 4.79 Å². The van der Waals surface area contributed by atoms with E-state index in [1.165, 1.54) is 0 Å². The van der Waals surface area contributed by atoms with Crippen LogP contribution < -0.4 is 10.6 Å². The summed E-state index contributed by atoms with van der Waals surface area (Å²) in [4.78, 5) is 11.9. The van der Waals surface area contributed by atoms with Crippen molar-refractivity contribution >= 4 is 5.91 Å². The van der Waals surface area contributed by atoms with Crippen molar-refractivity contribution < 1.29 is 18.3 Å². The number of rotatable bonds is 4. The van der Waals surface area contributed by atoms with Gasteiger partial charge in [0, 0.05) is 24.6 Å². The van der Waals surface area contributed by atoms with E-state index in [4.69, 9.17) is 4.74 Å².